The van der Waals surface area contributed by atoms with Gasteiger partial charge in [-0.25, -0.2) is 0 Å². The van der Waals surface area contributed by atoms with Crippen molar-refractivity contribution >= 4 is 25.9 Å². The zero-order chi connectivity index (χ0) is 17.6. The Hall–Kier alpha value is -1.04. The number of para-hydroxylation sites is 1. The van der Waals surface area contributed by atoms with Crippen LogP contribution >= 0.6 is 11.8 Å². The van der Waals surface area contributed by atoms with Gasteiger partial charge in [-0.3, -0.25) is 4.79 Å². The molecule has 0 aromatic heterocycles. The van der Waals surface area contributed by atoms with Crippen molar-refractivity contribution in [3.63, 3.8) is 0 Å². The van der Waals surface area contributed by atoms with Crippen LogP contribution in [0.4, 0.5) is 0 Å². The number of rotatable bonds is 9. The molecule has 1 unspecified atom stereocenters. The number of carbonyl (C=O) groups is 1. The molecule has 0 saturated carbocycles. The maximum atomic E-state index is 12.2. The number of hydrogen-bond acceptors (Lipinski definition) is 4. The summed E-state index contributed by atoms with van der Waals surface area (Å²) >= 11 is 1.53. The number of allylic oxidation sites excluding steroid dienone is 1. The molecule has 1 aliphatic rings. The summed E-state index contributed by atoms with van der Waals surface area (Å²) in [7, 11) is -1.72. The average molecular weight is 365 g/mol. The summed E-state index contributed by atoms with van der Waals surface area (Å²) in [6.07, 6.45) is 7.36. The minimum Gasteiger partial charge on any atom is -0.494 e. The molecule has 0 amide bonds. The van der Waals surface area contributed by atoms with E-state index < -0.39 is 13.9 Å². The molecule has 24 heavy (non-hydrogen) atoms. The minimum absolute atomic E-state index is 0.223. The lowest BCUT2D eigenvalue weighted by Crippen LogP contribution is -2.40. The second-order valence-electron chi connectivity index (χ2n) is 7.21. The summed E-state index contributed by atoms with van der Waals surface area (Å²) in [4.78, 5) is 13.1. The summed E-state index contributed by atoms with van der Waals surface area (Å²) in [6.45, 7) is 7.24. The first-order valence-electron chi connectivity index (χ1n) is 8.52. The molecular formula is C19H28O3SSi. The molecule has 0 saturated heterocycles. The molecule has 132 valence electrons. The summed E-state index contributed by atoms with van der Waals surface area (Å²) in [5.41, 5.74) is -0.396. The molecule has 0 heterocycles. The standard InChI is InChI=1S/C19H28O3SSi/c1-23-18-15-19(14-17(18)20,22-24(2,3)4)12-8-9-13-21-16-10-6-5-7-11-16/h5-7,10-11,15H,8-9,12-14H2,1-4H3. The predicted octanol–water partition coefficient (Wildman–Crippen LogP) is 5.05. The first-order chi connectivity index (χ1) is 11.3. The molecule has 1 aliphatic carbocycles. The molecule has 0 radical (unpaired) electrons. The second-order valence-corrected chi connectivity index (χ2v) is 12.5. The Labute approximate surface area is 150 Å². The van der Waals surface area contributed by atoms with Crippen LogP contribution in [0.5, 0.6) is 5.75 Å². The fourth-order valence-corrected chi connectivity index (χ4v) is 5.11. The summed E-state index contributed by atoms with van der Waals surface area (Å²) in [5.74, 6) is 1.13. The first-order valence-corrected chi connectivity index (χ1v) is 13.1. The Kier molecular flexibility index (Phi) is 6.72. The lowest BCUT2D eigenvalue weighted by molar-refractivity contribution is -0.116. The predicted molar refractivity (Wildman–Crippen MR) is 104 cm³/mol. The van der Waals surface area contributed by atoms with Crippen molar-refractivity contribution < 1.29 is 14.0 Å². The topological polar surface area (TPSA) is 35.5 Å². The molecule has 0 spiro atoms. The Balaban J connectivity index is 1.88. The van der Waals surface area contributed by atoms with Crippen LogP contribution in [-0.2, 0) is 9.22 Å². The summed E-state index contributed by atoms with van der Waals surface area (Å²) < 4.78 is 12.2. The highest BCUT2D eigenvalue weighted by Gasteiger charge is 2.41. The van der Waals surface area contributed by atoms with Crippen LogP contribution in [0, 0.1) is 0 Å². The molecule has 1 aromatic carbocycles. The number of unbranched alkanes of at least 4 members (excludes halogenated alkanes) is 1. The van der Waals surface area contributed by atoms with Gasteiger partial charge < -0.3 is 9.16 Å². The number of hydrogen-bond donors (Lipinski definition) is 0. The smallest absolute Gasteiger partial charge is 0.184 e. The normalized spacial score (nSPS) is 21.0. The lowest BCUT2D eigenvalue weighted by atomic mass is 9.96. The van der Waals surface area contributed by atoms with E-state index >= 15 is 0 Å². The SMILES string of the molecule is CSC1=CC(CCCCOc2ccccc2)(O[Si](C)(C)C)CC1=O. The maximum Gasteiger partial charge on any atom is 0.184 e. The number of carbonyl (C=O) groups excluding carboxylic acids is 1. The van der Waals surface area contributed by atoms with E-state index in [1.54, 1.807) is 0 Å². The molecule has 0 bridgehead atoms. The Morgan fingerprint density at radius 2 is 1.88 bits per heavy atom. The summed E-state index contributed by atoms with van der Waals surface area (Å²) in [6, 6.07) is 9.88. The largest absolute Gasteiger partial charge is 0.494 e. The van der Waals surface area contributed by atoms with Gasteiger partial charge in [0.2, 0.25) is 0 Å². The van der Waals surface area contributed by atoms with Gasteiger partial charge in [-0.15, -0.1) is 11.8 Å². The van der Waals surface area contributed by atoms with Crippen LogP contribution in [0.1, 0.15) is 25.7 Å². The average Bonchev–Trinajstić information content (AvgIpc) is 2.82. The lowest BCUT2D eigenvalue weighted by Gasteiger charge is -2.34. The molecule has 0 aliphatic heterocycles. The number of thioether (sulfide) groups is 1. The molecule has 1 atom stereocenters. The molecular weight excluding hydrogens is 336 g/mol. The van der Waals surface area contributed by atoms with Crippen LogP contribution in [-0.4, -0.2) is 32.6 Å². The highest BCUT2D eigenvalue weighted by Crippen LogP contribution is 2.39. The van der Waals surface area contributed by atoms with Crippen LogP contribution in [0.3, 0.4) is 0 Å². The molecule has 1 aromatic rings. The zero-order valence-electron chi connectivity index (χ0n) is 15.1. The van der Waals surface area contributed by atoms with Crippen molar-refractivity contribution in [2.45, 2.75) is 50.9 Å². The van der Waals surface area contributed by atoms with E-state index in [0.717, 1.165) is 29.9 Å². The third-order valence-corrected chi connectivity index (χ3v) is 5.67. The molecule has 5 heteroatoms. The van der Waals surface area contributed by atoms with Crippen molar-refractivity contribution in [1.82, 2.24) is 0 Å². The van der Waals surface area contributed by atoms with Crippen LogP contribution in [0.2, 0.25) is 19.6 Å². The van der Waals surface area contributed by atoms with E-state index in [0.29, 0.717) is 13.0 Å². The van der Waals surface area contributed by atoms with E-state index in [2.05, 4.69) is 25.7 Å². The van der Waals surface area contributed by atoms with Gasteiger partial charge >= 0.3 is 0 Å². The van der Waals surface area contributed by atoms with Gasteiger partial charge in [0.15, 0.2) is 14.1 Å². The second kappa shape index (κ2) is 8.36. The highest BCUT2D eigenvalue weighted by atomic mass is 32.2. The molecule has 3 nitrogen and oxygen atoms in total. The molecule has 2 rings (SSSR count). The van der Waals surface area contributed by atoms with Gasteiger partial charge in [-0.1, -0.05) is 18.2 Å². The molecule has 0 fully saturated rings. The third kappa shape index (κ3) is 5.79. The molecule has 0 N–H and O–H groups in total. The van der Waals surface area contributed by atoms with Crippen LogP contribution in [0.25, 0.3) is 0 Å². The van der Waals surface area contributed by atoms with Crippen molar-refractivity contribution in [1.29, 1.82) is 0 Å². The van der Waals surface area contributed by atoms with Gasteiger partial charge in [0, 0.05) is 11.3 Å². The maximum absolute atomic E-state index is 12.2. The third-order valence-electron chi connectivity index (χ3n) is 3.86. The van der Waals surface area contributed by atoms with Crippen molar-refractivity contribution in [2.24, 2.45) is 0 Å². The van der Waals surface area contributed by atoms with Crippen LogP contribution < -0.4 is 4.74 Å². The monoisotopic (exact) mass is 364 g/mol. The van der Waals surface area contributed by atoms with Gasteiger partial charge in [0.1, 0.15) is 5.75 Å². The number of ketones is 1. The van der Waals surface area contributed by atoms with E-state index in [4.69, 9.17) is 9.16 Å². The van der Waals surface area contributed by atoms with Crippen LogP contribution in [0.15, 0.2) is 41.3 Å². The van der Waals surface area contributed by atoms with E-state index in [9.17, 15) is 4.79 Å². The first kappa shape index (κ1) is 19.3. The Morgan fingerprint density at radius 3 is 2.46 bits per heavy atom. The van der Waals surface area contributed by atoms with Gasteiger partial charge in [0.05, 0.1) is 12.2 Å². The Morgan fingerprint density at radius 1 is 1.17 bits per heavy atom. The fourth-order valence-electron chi connectivity index (χ4n) is 3.02. The van der Waals surface area contributed by atoms with Gasteiger partial charge in [-0.05, 0) is 63.4 Å². The number of ether oxygens (including phenoxy) is 1. The Bertz CT molecular complexity index is 580. The highest BCUT2D eigenvalue weighted by molar-refractivity contribution is 8.03. The van der Waals surface area contributed by atoms with E-state index in [1.807, 2.05) is 36.6 Å². The van der Waals surface area contributed by atoms with Crippen molar-refractivity contribution in [2.75, 3.05) is 12.9 Å². The van der Waals surface area contributed by atoms with Crippen molar-refractivity contribution in [3.05, 3.63) is 41.3 Å². The number of Topliss-reactive ketones (excluding diaryl/α,β-unsaturated/α-hetero) is 1. The zero-order valence-corrected chi connectivity index (χ0v) is 16.9. The number of benzene rings is 1. The minimum atomic E-state index is -1.72. The van der Waals surface area contributed by atoms with E-state index in [1.165, 1.54) is 11.8 Å². The van der Waals surface area contributed by atoms with E-state index in [-0.39, 0.29) is 5.78 Å². The summed E-state index contributed by atoms with van der Waals surface area (Å²) in [5, 5.41) is 0. The fraction of sp³-hybridized carbons (Fsp3) is 0.526. The van der Waals surface area contributed by atoms with Gasteiger partial charge in [0.25, 0.3) is 0 Å². The quantitative estimate of drug-likeness (QED) is 0.454. The van der Waals surface area contributed by atoms with Crippen molar-refractivity contribution in [3.8, 4) is 5.75 Å². The van der Waals surface area contributed by atoms with Gasteiger partial charge in [-0.2, -0.15) is 0 Å².